The summed E-state index contributed by atoms with van der Waals surface area (Å²) in [4.78, 5) is 9.14. The molecule has 3 rings (SSSR count). The molecule has 8 nitrogen and oxygen atoms in total. The molecule has 10 heteroatoms. The molecule has 0 radical (unpaired) electrons. The minimum absolute atomic E-state index is 0.0324. The molecule has 1 aliphatic rings. The SMILES string of the molecule is CCCOC1C[C@H](O)CC(/C=C/c2c(-c3ccc(F)cc3)nc(N(C)S(C)(=O)=O)nc2C(C)C)O1. The quantitative estimate of drug-likeness (QED) is 0.545. The van der Waals surface area contributed by atoms with Gasteiger partial charge in [-0.05, 0) is 36.6 Å². The summed E-state index contributed by atoms with van der Waals surface area (Å²) < 4.78 is 50.7. The van der Waals surface area contributed by atoms with Gasteiger partial charge in [0.1, 0.15) is 5.82 Å². The summed E-state index contributed by atoms with van der Waals surface area (Å²) in [5, 5.41) is 10.3. The minimum Gasteiger partial charge on any atom is -0.393 e. The van der Waals surface area contributed by atoms with Crippen LogP contribution in [0.25, 0.3) is 17.3 Å². The van der Waals surface area contributed by atoms with Gasteiger partial charge >= 0.3 is 0 Å². The maximum atomic E-state index is 13.6. The number of anilines is 1. The van der Waals surface area contributed by atoms with Crippen molar-refractivity contribution in [1.82, 2.24) is 9.97 Å². The molecule has 1 aromatic carbocycles. The van der Waals surface area contributed by atoms with Gasteiger partial charge in [0.2, 0.25) is 16.0 Å². The highest BCUT2D eigenvalue weighted by Crippen LogP contribution is 2.32. The van der Waals surface area contributed by atoms with E-state index in [-0.39, 0.29) is 23.8 Å². The zero-order valence-electron chi connectivity index (χ0n) is 20.8. The van der Waals surface area contributed by atoms with Crippen molar-refractivity contribution in [2.75, 3.05) is 24.2 Å². The summed E-state index contributed by atoms with van der Waals surface area (Å²) in [6.45, 7) is 6.46. The summed E-state index contributed by atoms with van der Waals surface area (Å²) in [5.41, 5.74) is 2.40. The van der Waals surface area contributed by atoms with Crippen molar-refractivity contribution in [2.45, 2.75) is 64.4 Å². The first-order chi connectivity index (χ1) is 16.5. The fourth-order valence-electron chi connectivity index (χ4n) is 3.77. The van der Waals surface area contributed by atoms with E-state index >= 15 is 0 Å². The average Bonchev–Trinajstić information content (AvgIpc) is 2.80. The molecule has 2 unspecified atom stereocenters. The lowest BCUT2D eigenvalue weighted by atomic mass is 9.97. The molecule has 2 aromatic rings. The van der Waals surface area contributed by atoms with E-state index in [1.807, 2.05) is 32.9 Å². The predicted molar refractivity (Wildman–Crippen MR) is 134 cm³/mol. The predicted octanol–water partition coefficient (Wildman–Crippen LogP) is 4.11. The zero-order valence-corrected chi connectivity index (χ0v) is 21.6. The van der Waals surface area contributed by atoms with E-state index in [4.69, 9.17) is 9.47 Å². The number of benzene rings is 1. The lowest BCUT2D eigenvalue weighted by Crippen LogP contribution is -2.36. The van der Waals surface area contributed by atoms with Crippen LogP contribution in [0.15, 0.2) is 30.3 Å². The Hall–Kier alpha value is -2.40. The second-order valence-corrected chi connectivity index (χ2v) is 11.0. The third-order valence-corrected chi connectivity index (χ3v) is 6.85. The number of rotatable bonds is 9. The van der Waals surface area contributed by atoms with Crippen molar-refractivity contribution >= 4 is 22.0 Å². The van der Waals surface area contributed by atoms with Gasteiger partial charge in [-0.2, -0.15) is 0 Å². The molecule has 35 heavy (non-hydrogen) atoms. The molecule has 1 aliphatic heterocycles. The lowest BCUT2D eigenvalue weighted by molar-refractivity contribution is -0.203. The largest absolute Gasteiger partial charge is 0.393 e. The minimum atomic E-state index is -3.60. The third-order valence-electron chi connectivity index (χ3n) is 5.69. The Morgan fingerprint density at radius 2 is 1.94 bits per heavy atom. The van der Waals surface area contributed by atoms with Crippen LogP contribution in [0.1, 0.15) is 57.2 Å². The fourth-order valence-corrected chi connectivity index (χ4v) is 4.15. The van der Waals surface area contributed by atoms with E-state index in [1.165, 1.54) is 19.2 Å². The topological polar surface area (TPSA) is 102 Å². The second kappa shape index (κ2) is 11.6. The Morgan fingerprint density at radius 1 is 1.26 bits per heavy atom. The van der Waals surface area contributed by atoms with Gasteiger partial charge in [-0.15, -0.1) is 0 Å². The molecule has 0 amide bonds. The molecule has 1 N–H and O–H groups in total. The summed E-state index contributed by atoms with van der Waals surface area (Å²) in [6, 6.07) is 5.85. The summed E-state index contributed by atoms with van der Waals surface area (Å²) >= 11 is 0. The van der Waals surface area contributed by atoms with E-state index in [0.717, 1.165) is 17.0 Å². The Labute approximate surface area is 206 Å². The van der Waals surface area contributed by atoms with Crippen molar-refractivity contribution in [3.05, 3.63) is 47.4 Å². The van der Waals surface area contributed by atoms with E-state index in [1.54, 1.807) is 12.1 Å². The molecular formula is C25H34FN3O5S. The van der Waals surface area contributed by atoms with Gasteiger partial charge < -0.3 is 14.6 Å². The standard InChI is InChI=1S/C25H34FN3O5S/c1-6-13-33-22-15-19(30)14-20(34-22)11-12-21-23(16(2)3)27-25(29(4)35(5,31)32)28-24(21)17-7-9-18(26)10-8-17/h7-12,16,19-20,22,30H,6,13-15H2,1-5H3/b12-11+/t19-,20?,22?/m1/s1. The Morgan fingerprint density at radius 3 is 2.54 bits per heavy atom. The van der Waals surface area contributed by atoms with Gasteiger partial charge in [0.25, 0.3) is 0 Å². The highest BCUT2D eigenvalue weighted by Gasteiger charge is 2.28. The van der Waals surface area contributed by atoms with Crippen LogP contribution in [0.2, 0.25) is 0 Å². The van der Waals surface area contributed by atoms with E-state index in [2.05, 4.69) is 9.97 Å². The number of aromatic nitrogens is 2. The number of halogens is 1. The van der Waals surface area contributed by atoms with Gasteiger partial charge in [-0.3, -0.25) is 0 Å². The zero-order chi connectivity index (χ0) is 25.8. The number of ether oxygens (including phenoxy) is 2. The monoisotopic (exact) mass is 507 g/mol. The normalized spacial score (nSPS) is 21.1. The molecule has 0 bridgehead atoms. The van der Waals surface area contributed by atoms with Crippen LogP contribution in [-0.4, -0.2) is 61.9 Å². The van der Waals surface area contributed by atoms with E-state index in [9.17, 15) is 17.9 Å². The maximum absolute atomic E-state index is 13.6. The van der Waals surface area contributed by atoms with Gasteiger partial charge in [0.15, 0.2) is 6.29 Å². The number of nitrogens with zero attached hydrogens (tertiary/aromatic N) is 3. The van der Waals surface area contributed by atoms with Crippen LogP contribution in [0, 0.1) is 5.82 Å². The molecule has 3 atom stereocenters. The molecule has 2 heterocycles. The Kier molecular flexibility index (Phi) is 8.98. The summed E-state index contributed by atoms with van der Waals surface area (Å²) in [5.74, 6) is -0.424. The fraction of sp³-hybridized carbons (Fsp3) is 0.520. The number of aliphatic hydroxyl groups excluding tert-OH is 1. The van der Waals surface area contributed by atoms with Gasteiger partial charge in [0.05, 0.1) is 29.9 Å². The van der Waals surface area contributed by atoms with Crippen molar-refractivity contribution in [2.24, 2.45) is 0 Å². The van der Waals surface area contributed by atoms with Crippen LogP contribution < -0.4 is 4.31 Å². The van der Waals surface area contributed by atoms with Crippen LogP contribution in [0.5, 0.6) is 0 Å². The molecule has 1 fully saturated rings. The first-order valence-electron chi connectivity index (χ1n) is 11.7. The van der Waals surface area contributed by atoms with E-state index in [0.29, 0.717) is 42.0 Å². The Bertz CT molecular complexity index is 1140. The molecule has 1 saturated heterocycles. The highest BCUT2D eigenvalue weighted by molar-refractivity contribution is 7.92. The third kappa shape index (κ3) is 7.07. The summed E-state index contributed by atoms with van der Waals surface area (Å²) in [7, 11) is -2.20. The highest BCUT2D eigenvalue weighted by atomic mass is 32.2. The molecule has 1 aromatic heterocycles. The van der Waals surface area contributed by atoms with Crippen LogP contribution in [0.4, 0.5) is 10.3 Å². The van der Waals surface area contributed by atoms with Gasteiger partial charge in [-0.1, -0.05) is 32.9 Å². The first kappa shape index (κ1) is 27.2. The smallest absolute Gasteiger partial charge is 0.239 e. The van der Waals surface area contributed by atoms with Crippen molar-refractivity contribution in [3.63, 3.8) is 0 Å². The van der Waals surface area contributed by atoms with Crippen LogP contribution in [-0.2, 0) is 19.5 Å². The molecule has 0 spiro atoms. The van der Waals surface area contributed by atoms with Gasteiger partial charge in [0, 0.05) is 37.6 Å². The lowest BCUT2D eigenvalue weighted by Gasteiger charge is -2.31. The van der Waals surface area contributed by atoms with Crippen molar-refractivity contribution < 1.29 is 27.4 Å². The number of hydrogen-bond donors (Lipinski definition) is 1. The number of sulfonamides is 1. The van der Waals surface area contributed by atoms with Crippen molar-refractivity contribution in [1.29, 1.82) is 0 Å². The average molecular weight is 508 g/mol. The number of aliphatic hydroxyl groups is 1. The van der Waals surface area contributed by atoms with Gasteiger partial charge in [-0.25, -0.2) is 27.1 Å². The van der Waals surface area contributed by atoms with E-state index < -0.39 is 22.4 Å². The molecule has 0 aliphatic carbocycles. The second-order valence-electron chi connectivity index (χ2n) is 9.02. The first-order valence-corrected chi connectivity index (χ1v) is 13.6. The Balaban J connectivity index is 2.08. The van der Waals surface area contributed by atoms with Crippen molar-refractivity contribution in [3.8, 4) is 11.3 Å². The maximum Gasteiger partial charge on any atom is 0.239 e. The van der Waals surface area contributed by atoms with Crippen LogP contribution in [0.3, 0.4) is 0 Å². The number of hydrogen-bond acceptors (Lipinski definition) is 7. The van der Waals surface area contributed by atoms with Crippen LogP contribution >= 0.6 is 0 Å². The molecule has 0 saturated carbocycles. The summed E-state index contributed by atoms with van der Waals surface area (Å²) in [6.07, 6.45) is 5.00. The molecular weight excluding hydrogens is 473 g/mol. The molecule has 192 valence electrons.